The van der Waals surface area contributed by atoms with E-state index in [1.54, 1.807) is 36.4 Å². The van der Waals surface area contributed by atoms with Gasteiger partial charge in [-0.1, -0.05) is 19.8 Å². The Hall–Kier alpha value is -2.86. The number of amides is 2. The summed E-state index contributed by atoms with van der Waals surface area (Å²) in [5.41, 5.74) is 1.89. The lowest BCUT2D eigenvalue weighted by Crippen LogP contribution is -2.26. The monoisotopic (exact) mass is 396 g/mol. The summed E-state index contributed by atoms with van der Waals surface area (Å²) < 4.78 is 11.0. The predicted octanol–water partition coefficient (Wildman–Crippen LogP) is 4.63. The smallest absolute Gasteiger partial charge is 0.255 e. The third-order valence-electron chi connectivity index (χ3n) is 4.77. The average Bonchev–Trinajstić information content (AvgIpc) is 3.28. The van der Waals surface area contributed by atoms with Crippen LogP contribution in [0.4, 0.5) is 11.4 Å². The lowest BCUT2D eigenvalue weighted by molar-refractivity contribution is -0.124. The number of ether oxygens (including phenoxy) is 2. The zero-order valence-corrected chi connectivity index (χ0v) is 16.8. The molecular formula is C23H28N2O4. The van der Waals surface area contributed by atoms with Crippen LogP contribution in [-0.4, -0.2) is 31.1 Å². The number of hydrogen-bond acceptors (Lipinski definition) is 4. The topological polar surface area (TPSA) is 76.7 Å². The predicted molar refractivity (Wildman–Crippen MR) is 113 cm³/mol. The maximum absolute atomic E-state index is 12.4. The molecule has 1 heterocycles. The van der Waals surface area contributed by atoms with Gasteiger partial charge in [0.2, 0.25) is 0 Å². The first-order valence-corrected chi connectivity index (χ1v) is 10.2. The highest BCUT2D eigenvalue weighted by Crippen LogP contribution is 2.19. The molecule has 2 amide bonds. The van der Waals surface area contributed by atoms with Crippen molar-refractivity contribution in [2.24, 2.45) is 0 Å². The zero-order chi connectivity index (χ0) is 20.5. The Labute approximate surface area is 171 Å². The minimum absolute atomic E-state index is 0.128. The SMILES string of the molecule is CCCCCOc1ccc(C(=O)Nc2ccc(NC(=O)C3CCCO3)cc2)cc1. The van der Waals surface area contributed by atoms with Gasteiger partial charge in [0.25, 0.3) is 11.8 Å². The van der Waals surface area contributed by atoms with Crippen LogP contribution in [0, 0.1) is 0 Å². The maximum atomic E-state index is 12.4. The van der Waals surface area contributed by atoms with Crippen molar-refractivity contribution in [1.29, 1.82) is 0 Å². The number of rotatable bonds is 9. The van der Waals surface area contributed by atoms with Crippen LogP contribution >= 0.6 is 0 Å². The van der Waals surface area contributed by atoms with Crippen LogP contribution in [-0.2, 0) is 9.53 Å². The second-order valence-corrected chi connectivity index (χ2v) is 7.10. The van der Waals surface area contributed by atoms with E-state index in [0.29, 0.717) is 30.2 Å². The Morgan fingerprint density at radius 2 is 1.69 bits per heavy atom. The molecule has 6 heteroatoms. The van der Waals surface area contributed by atoms with E-state index < -0.39 is 0 Å². The average molecular weight is 396 g/mol. The Morgan fingerprint density at radius 1 is 1.00 bits per heavy atom. The Morgan fingerprint density at radius 3 is 2.31 bits per heavy atom. The van der Waals surface area contributed by atoms with Crippen LogP contribution in [0.1, 0.15) is 49.4 Å². The van der Waals surface area contributed by atoms with Crippen LogP contribution in [0.5, 0.6) is 5.75 Å². The van der Waals surface area contributed by atoms with E-state index in [2.05, 4.69) is 17.6 Å². The molecule has 1 saturated heterocycles. The first-order chi connectivity index (χ1) is 14.2. The number of unbranched alkanes of at least 4 members (excludes halogenated alkanes) is 2. The molecule has 0 aliphatic carbocycles. The molecule has 1 aliphatic heterocycles. The minimum atomic E-state index is -0.368. The van der Waals surface area contributed by atoms with Crippen LogP contribution in [0.15, 0.2) is 48.5 Å². The number of nitrogens with one attached hydrogen (secondary N) is 2. The summed E-state index contributed by atoms with van der Waals surface area (Å²) in [6.45, 7) is 3.48. The highest BCUT2D eigenvalue weighted by atomic mass is 16.5. The summed E-state index contributed by atoms with van der Waals surface area (Å²) in [5, 5.41) is 5.69. The third kappa shape index (κ3) is 6.32. The molecule has 1 aliphatic rings. The van der Waals surface area contributed by atoms with Crippen LogP contribution < -0.4 is 15.4 Å². The van der Waals surface area contributed by atoms with E-state index >= 15 is 0 Å². The summed E-state index contributed by atoms with van der Waals surface area (Å²) in [5.74, 6) is 0.443. The van der Waals surface area contributed by atoms with Gasteiger partial charge in [-0.15, -0.1) is 0 Å². The number of benzene rings is 2. The lowest BCUT2D eigenvalue weighted by atomic mass is 10.2. The summed E-state index contributed by atoms with van der Waals surface area (Å²) in [7, 11) is 0. The lowest BCUT2D eigenvalue weighted by Gasteiger charge is -2.11. The van der Waals surface area contributed by atoms with Gasteiger partial charge < -0.3 is 20.1 Å². The van der Waals surface area contributed by atoms with Crippen molar-refractivity contribution in [3.8, 4) is 5.75 Å². The van der Waals surface area contributed by atoms with Crippen molar-refractivity contribution in [3.05, 3.63) is 54.1 Å². The summed E-state index contributed by atoms with van der Waals surface area (Å²) >= 11 is 0. The first-order valence-electron chi connectivity index (χ1n) is 10.2. The van der Waals surface area contributed by atoms with Gasteiger partial charge in [0.1, 0.15) is 11.9 Å². The van der Waals surface area contributed by atoms with E-state index in [9.17, 15) is 9.59 Å². The largest absolute Gasteiger partial charge is 0.494 e. The van der Waals surface area contributed by atoms with Gasteiger partial charge in [-0.3, -0.25) is 9.59 Å². The molecule has 0 spiro atoms. The number of carbonyl (C=O) groups is 2. The molecule has 0 radical (unpaired) electrons. The van der Waals surface area contributed by atoms with Crippen LogP contribution in [0.2, 0.25) is 0 Å². The van der Waals surface area contributed by atoms with Crippen molar-refractivity contribution in [3.63, 3.8) is 0 Å². The van der Waals surface area contributed by atoms with Gasteiger partial charge in [0, 0.05) is 23.5 Å². The van der Waals surface area contributed by atoms with Gasteiger partial charge in [-0.25, -0.2) is 0 Å². The van der Waals surface area contributed by atoms with Gasteiger partial charge in [-0.05, 0) is 67.8 Å². The standard InChI is InChI=1S/C23H28N2O4/c1-2-3-4-15-28-20-13-7-17(8-14-20)22(26)24-18-9-11-19(12-10-18)25-23(27)21-6-5-16-29-21/h7-14,21H,2-6,15-16H2,1H3,(H,24,26)(H,25,27). The van der Waals surface area contributed by atoms with Crippen molar-refractivity contribution in [2.75, 3.05) is 23.8 Å². The minimum Gasteiger partial charge on any atom is -0.494 e. The van der Waals surface area contributed by atoms with E-state index in [1.807, 2.05) is 12.1 Å². The van der Waals surface area contributed by atoms with E-state index in [-0.39, 0.29) is 17.9 Å². The fourth-order valence-electron chi connectivity index (χ4n) is 3.09. The van der Waals surface area contributed by atoms with Crippen molar-refractivity contribution in [2.45, 2.75) is 45.1 Å². The quantitative estimate of drug-likeness (QED) is 0.606. The Bertz CT molecular complexity index is 797. The van der Waals surface area contributed by atoms with Crippen LogP contribution in [0.3, 0.4) is 0 Å². The number of carbonyl (C=O) groups excluding carboxylic acids is 2. The van der Waals surface area contributed by atoms with Gasteiger partial charge >= 0.3 is 0 Å². The normalized spacial score (nSPS) is 15.7. The molecule has 0 bridgehead atoms. The summed E-state index contributed by atoms with van der Waals surface area (Å²) in [6.07, 6.45) is 4.63. The molecule has 2 N–H and O–H groups in total. The molecular weight excluding hydrogens is 368 g/mol. The molecule has 6 nitrogen and oxygen atoms in total. The second-order valence-electron chi connectivity index (χ2n) is 7.10. The fraction of sp³-hybridized carbons (Fsp3) is 0.391. The zero-order valence-electron chi connectivity index (χ0n) is 16.8. The highest BCUT2D eigenvalue weighted by Gasteiger charge is 2.23. The van der Waals surface area contributed by atoms with Gasteiger partial charge in [-0.2, -0.15) is 0 Å². The van der Waals surface area contributed by atoms with E-state index in [0.717, 1.165) is 37.9 Å². The summed E-state index contributed by atoms with van der Waals surface area (Å²) in [6, 6.07) is 14.2. The molecule has 154 valence electrons. The second kappa shape index (κ2) is 10.6. The molecule has 1 fully saturated rings. The molecule has 0 aromatic heterocycles. The fourth-order valence-corrected chi connectivity index (χ4v) is 3.09. The molecule has 2 aromatic carbocycles. The Kier molecular flexibility index (Phi) is 7.64. The number of anilines is 2. The number of hydrogen-bond donors (Lipinski definition) is 2. The molecule has 29 heavy (non-hydrogen) atoms. The van der Waals surface area contributed by atoms with Crippen molar-refractivity contribution in [1.82, 2.24) is 0 Å². The molecule has 0 saturated carbocycles. The Balaban J connectivity index is 1.49. The first kappa shape index (κ1) is 20.9. The summed E-state index contributed by atoms with van der Waals surface area (Å²) in [4.78, 5) is 24.5. The van der Waals surface area contributed by atoms with Crippen molar-refractivity contribution < 1.29 is 19.1 Å². The van der Waals surface area contributed by atoms with Gasteiger partial charge in [0.05, 0.1) is 6.61 Å². The van der Waals surface area contributed by atoms with Crippen molar-refractivity contribution >= 4 is 23.2 Å². The molecule has 3 rings (SSSR count). The maximum Gasteiger partial charge on any atom is 0.255 e. The van der Waals surface area contributed by atoms with E-state index in [4.69, 9.17) is 9.47 Å². The molecule has 2 aromatic rings. The van der Waals surface area contributed by atoms with E-state index in [1.165, 1.54) is 0 Å². The molecule has 1 unspecified atom stereocenters. The highest BCUT2D eigenvalue weighted by molar-refractivity contribution is 6.04. The van der Waals surface area contributed by atoms with Crippen LogP contribution in [0.25, 0.3) is 0 Å². The van der Waals surface area contributed by atoms with Gasteiger partial charge in [0.15, 0.2) is 0 Å². The molecule has 1 atom stereocenters. The third-order valence-corrected chi connectivity index (χ3v) is 4.77.